The van der Waals surface area contributed by atoms with Crippen LogP contribution in [-0.2, 0) is 0 Å². The van der Waals surface area contributed by atoms with E-state index < -0.39 is 0 Å². The molecule has 0 bridgehead atoms. The second-order valence-corrected chi connectivity index (χ2v) is 7.02. The molecule has 1 aromatic heterocycles. The third-order valence-corrected chi connectivity index (χ3v) is 4.43. The normalized spacial score (nSPS) is 23.4. The van der Waals surface area contributed by atoms with Crippen molar-refractivity contribution in [3.63, 3.8) is 0 Å². The van der Waals surface area contributed by atoms with E-state index in [4.69, 9.17) is 0 Å². The SMILES string of the molecule is Cc1nc(Br)ccc1NC1CCCC(C)(C)CC1. The van der Waals surface area contributed by atoms with Crippen LogP contribution in [-0.4, -0.2) is 11.0 Å². The predicted molar refractivity (Wildman–Crippen MR) is 81.0 cm³/mol. The van der Waals surface area contributed by atoms with Crippen LogP contribution in [0.5, 0.6) is 0 Å². The number of halogens is 1. The highest BCUT2D eigenvalue weighted by Gasteiger charge is 2.24. The lowest BCUT2D eigenvalue weighted by Crippen LogP contribution is -2.20. The van der Waals surface area contributed by atoms with Crippen LogP contribution >= 0.6 is 15.9 Å². The van der Waals surface area contributed by atoms with Crippen molar-refractivity contribution < 1.29 is 0 Å². The van der Waals surface area contributed by atoms with E-state index >= 15 is 0 Å². The molecule has 1 fully saturated rings. The van der Waals surface area contributed by atoms with Crippen molar-refractivity contribution in [1.29, 1.82) is 0 Å². The summed E-state index contributed by atoms with van der Waals surface area (Å²) in [6, 6.07) is 4.74. The van der Waals surface area contributed by atoms with E-state index in [-0.39, 0.29) is 0 Å². The van der Waals surface area contributed by atoms with E-state index in [1.165, 1.54) is 37.8 Å². The molecule has 0 radical (unpaired) electrons. The van der Waals surface area contributed by atoms with Crippen LogP contribution < -0.4 is 5.32 Å². The molecule has 0 aliphatic heterocycles. The first-order chi connectivity index (χ1) is 8.46. The molecule has 1 aromatic rings. The molecule has 1 heterocycles. The molecule has 2 nitrogen and oxygen atoms in total. The number of nitrogens with zero attached hydrogens (tertiary/aromatic N) is 1. The summed E-state index contributed by atoms with van der Waals surface area (Å²) in [4.78, 5) is 4.45. The van der Waals surface area contributed by atoms with Gasteiger partial charge in [0.25, 0.3) is 0 Å². The predicted octanol–water partition coefficient (Wildman–Crippen LogP) is 4.92. The largest absolute Gasteiger partial charge is 0.381 e. The van der Waals surface area contributed by atoms with Crippen molar-refractivity contribution in [3.8, 4) is 0 Å². The Morgan fingerprint density at radius 1 is 1.28 bits per heavy atom. The molecule has 0 spiro atoms. The Bertz CT molecular complexity index is 415. The molecule has 0 aromatic carbocycles. The van der Waals surface area contributed by atoms with Gasteiger partial charge in [-0.15, -0.1) is 0 Å². The van der Waals surface area contributed by atoms with E-state index in [1.807, 2.05) is 6.07 Å². The molecule has 3 heteroatoms. The molecule has 2 rings (SSSR count). The maximum Gasteiger partial charge on any atom is 0.106 e. The van der Waals surface area contributed by atoms with Crippen LogP contribution in [0.15, 0.2) is 16.7 Å². The van der Waals surface area contributed by atoms with Crippen LogP contribution in [0, 0.1) is 12.3 Å². The van der Waals surface area contributed by atoms with E-state index in [0.717, 1.165) is 10.3 Å². The van der Waals surface area contributed by atoms with Crippen molar-refractivity contribution in [1.82, 2.24) is 4.98 Å². The molecule has 0 amide bonds. The number of aryl methyl sites for hydroxylation is 1. The number of nitrogens with one attached hydrogen (secondary N) is 1. The maximum absolute atomic E-state index is 4.45. The maximum atomic E-state index is 4.45. The van der Waals surface area contributed by atoms with Crippen LogP contribution in [0.4, 0.5) is 5.69 Å². The van der Waals surface area contributed by atoms with E-state index in [2.05, 4.69) is 53.1 Å². The van der Waals surface area contributed by atoms with Gasteiger partial charge in [-0.05, 0) is 66.1 Å². The van der Waals surface area contributed by atoms with Gasteiger partial charge in [0.05, 0.1) is 11.4 Å². The third-order valence-electron chi connectivity index (χ3n) is 3.99. The third kappa shape index (κ3) is 3.71. The second-order valence-electron chi connectivity index (χ2n) is 6.20. The number of hydrogen-bond donors (Lipinski definition) is 1. The lowest BCUT2D eigenvalue weighted by molar-refractivity contribution is 0.313. The molecule has 1 saturated carbocycles. The number of anilines is 1. The Morgan fingerprint density at radius 3 is 2.78 bits per heavy atom. The summed E-state index contributed by atoms with van der Waals surface area (Å²) < 4.78 is 0.910. The Labute approximate surface area is 119 Å². The van der Waals surface area contributed by atoms with Crippen molar-refractivity contribution in [2.24, 2.45) is 5.41 Å². The van der Waals surface area contributed by atoms with Gasteiger partial charge in [0, 0.05) is 6.04 Å². The summed E-state index contributed by atoms with van der Waals surface area (Å²) in [6.07, 6.45) is 6.53. The summed E-state index contributed by atoms with van der Waals surface area (Å²) in [5.74, 6) is 0. The van der Waals surface area contributed by atoms with Crippen LogP contribution in [0.2, 0.25) is 0 Å². The Morgan fingerprint density at radius 2 is 2.06 bits per heavy atom. The number of rotatable bonds is 2. The monoisotopic (exact) mass is 310 g/mol. The van der Waals surface area contributed by atoms with Gasteiger partial charge < -0.3 is 5.32 Å². The topological polar surface area (TPSA) is 24.9 Å². The summed E-state index contributed by atoms with van der Waals surface area (Å²) >= 11 is 3.41. The van der Waals surface area contributed by atoms with Crippen LogP contribution in [0.1, 0.15) is 51.6 Å². The molecule has 18 heavy (non-hydrogen) atoms. The fourth-order valence-corrected chi connectivity index (χ4v) is 3.11. The number of pyridine rings is 1. The molecule has 1 atom stereocenters. The van der Waals surface area contributed by atoms with Crippen LogP contribution in [0.25, 0.3) is 0 Å². The summed E-state index contributed by atoms with van der Waals surface area (Å²) in [7, 11) is 0. The lowest BCUT2D eigenvalue weighted by atomic mass is 9.85. The molecular formula is C15H23BrN2. The van der Waals surface area contributed by atoms with Gasteiger partial charge in [-0.3, -0.25) is 0 Å². The molecule has 0 saturated heterocycles. The van der Waals surface area contributed by atoms with Crippen molar-refractivity contribution in [2.75, 3.05) is 5.32 Å². The molecule has 1 aliphatic rings. The first-order valence-electron chi connectivity index (χ1n) is 6.86. The molecule has 100 valence electrons. The minimum atomic E-state index is 0.517. The highest BCUT2D eigenvalue weighted by molar-refractivity contribution is 9.10. The first kappa shape index (κ1) is 13.9. The van der Waals surface area contributed by atoms with Gasteiger partial charge in [0.1, 0.15) is 4.60 Å². The first-order valence-corrected chi connectivity index (χ1v) is 7.65. The van der Waals surface area contributed by atoms with Gasteiger partial charge in [-0.1, -0.05) is 20.3 Å². The summed E-state index contributed by atoms with van der Waals surface area (Å²) in [5, 5.41) is 3.67. The van der Waals surface area contributed by atoms with Gasteiger partial charge in [-0.25, -0.2) is 4.98 Å². The van der Waals surface area contributed by atoms with Crippen molar-refractivity contribution >= 4 is 21.6 Å². The van der Waals surface area contributed by atoms with Crippen molar-refractivity contribution in [2.45, 2.75) is 58.9 Å². The number of hydrogen-bond acceptors (Lipinski definition) is 2. The molecule has 1 aliphatic carbocycles. The number of aromatic nitrogens is 1. The average molecular weight is 311 g/mol. The minimum absolute atomic E-state index is 0.517. The highest BCUT2D eigenvalue weighted by Crippen LogP contribution is 2.34. The zero-order valence-corrected chi connectivity index (χ0v) is 13.2. The van der Waals surface area contributed by atoms with Gasteiger partial charge in [-0.2, -0.15) is 0 Å². The Balaban J connectivity index is 2.01. The molecule has 1 unspecified atom stereocenters. The summed E-state index contributed by atoms with van der Waals surface area (Å²) in [5.41, 5.74) is 2.78. The fourth-order valence-electron chi connectivity index (χ4n) is 2.71. The highest BCUT2D eigenvalue weighted by atomic mass is 79.9. The van der Waals surface area contributed by atoms with E-state index in [0.29, 0.717) is 11.5 Å². The quantitative estimate of drug-likeness (QED) is 0.619. The van der Waals surface area contributed by atoms with Gasteiger partial charge in [0.2, 0.25) is 0 Å². The smallest absolute Gasteiger partial charge is 0.106 e. The second kappa shape index (κ2) is 5.60. The standard InChI is InChI=1S/C15H23BrN2/c1-11-13(6-7-14(16)17-11)18-12-5-4-9-15(2,3)10-8-12/h6-7,12,18H,4-5,8-10H2,1-3H3. The van der Waals surface area contributed by atoms with E-state index in [1.54, 1.807) is 0 Å². The summed E-state index contributed by atoms with van der Waals surface area (Å²) in [6.45, 7) is 6.84. The Hall–Kier alpha value is -0.570. The molecule has 1 N–H and O–H groups in total. The Kier molecular flexibility index (Phi) is 4.31. The van der Waals surface area contributed by atoms with Gasteiger partial charge >= 0.3 is 0 Å². The van der Waals surface area contributed by atoms with Crippen molar-refractivity contribution in [3.05, 3.63) is 22.4 Å². The fraction of sp³-hybridized carbons (Fsp3) is 0.667. The lowest BCUT2D eigenvalue weighted by Gasteiger charge is -2.22. The molecular weight excluding hydrogens is 288 g/mol. The van der Waals surface area contributed by atoms with Crippen LogP contribution in [0.3, 0.4) is 0 Å². The minimum Gasteiger partial charge on any atom is -0.381 e. The van der Waals surface area contributed by atoms with Gasteiger partial charge in [0.15, 0.2) is 0 Å². The average Bonchev–Trinajstić information content (AvgIpc) is 2.44. The zero-order chi connectivity index (χ0) is 13.2. The zero-order valence-electron chi connectivity index (χ0n) is 11.6. The van der Waals surface area contributed by atoms with E-state index in [9.17, 15) is 0 Å².